The van der Waals surface area contributed by atoms with Gasteiger partial charge in [-0.15, -0.1) is 6.42 Å². The lowest BCUT2D eigenvalue weighted by Crippen LogP contribution is -2.10. The monoisotopic (exact) mass is 370 g/mol. The molecule has 0 aliphatic carbocycles. The largest absolute Gasteiger partial charge is 0.433 e. The molecule has 1 heterocycles. The molecule has 1 N–H and O–H groups in total. The van der Waals surface area contributed by atoms with Crippen LogP contribution in [0.5, 0.6) is 0 Å². The van der Waals surface area contributed by atoms with Gasteiger partial charge in [0.25, 0.3) is 0 Å². The van der Waals surface area contributed by atoms with Crippen molar-refractivity contribution in [3.05, 3.63) is 46.6 Å². The summed E-state index contributed by atoms with van der Waals surface area (Å²) in [7, 11) is 0. The van der Waals surface area contributed by atoms with E-state index in [4.69, 9.17) is 18.0 Å². The highest BCUT2D eigenvalue weighted by Gasteiger charge is 2.33. The molecule has 0 aliphatic heterocycles. The molecule has 0 saturated carbocycles. The Morgan fingerprint density at radius 1 is 1.33 bits per heavy atom. The third kappa shape index (κ3) is 5.15. The highest BCUT2D eigenvalue weighted by Crippen LogP contribution is 2.30. The predicted molar refractivity (Wildman–Crippen MR) is 89.3 cm³/mol. The number of terminal acetylenes is 1. The standard InChI is InChI=1S/C15H10ClF3N4S/c1-2-7-24-14-21-12(15(17,18)19)8-13(22-14)23-20-9-10-5-3-4-6-11(10)16/h1,3-6,8-9H,7H2,(H,21,22,23)/b20-9+. The third-order valence-electron chi connectivity index (χ3n) is 2.57. The molecule has 0 saturated heterocycles. The number of hydrogen-bond acceptors (Lipinski definition) is 5. The van der Waals surface area contributed by atoms with Crippen LogP contribution in [0.2, 0.25) is 5.02 Å². The summed E-state index contributed by atoms with van der Waals surface area (Å²) in [5.74, 6) is 2.36. The first-order valence-electron chi connectivity index (χ1n) is 6.46. The van der Waals surface area contributed by atoms with E-state index in [2.05, 4.69) is 26.4 Å². The number of thioether (sulfide) groups is 1. The molecule has 0 unspecified atom stereocenters. The smallest absolute Gasteiger partial charge is 0.261 e. The van der Waals surface area contributed by atoms with Crippen LogP contribution in [0.3, 0.4) is 0 Å². The Morgan fingerprint density at radius 2 is 2.08 bits per heavy atom. The van der Waals surface area contributed by atoms with Gasteiger partial charge in [0, 0.05) is 16.7 Å². The predicted octanol–water partition coefficient (Wildman–Crippen LogP) is 4.32. The second-order valence-corrected chi connectivity index (χ2v) is 5.65. The first-order chi connectivity index (χ1) is 11.4. The molecular formula is C15H10ClF3N4S. The summed E-state index contributed by atoms with van der Waals surface area (Å²) in [6.07, 6.45) is 1.88. The topological polar surface area (TPSA) is 50.2 Å². The van der Waals surface area contributed by atoms with Crippen molar-refractivity contribution >= 4 is 35.4 Å². The fraction of sp³-hybridized carbons (Fsp3) is 0.133. The molecule has 2 aromatic rings. The van der Waals surface area contributed by atoms with Gasteiger partial charge in [-0.25, -0.2) is 9.97 Å². The zero-order valence-electron chi connectivity index (χ0n) is 12.0. The van der Waals surface area contributed by atoms with Crippen LogP contribution in [-0.2, 0) is 6.18 Å². The Kier molecular flexibility index (Phi) is 6.06. The van der Waals surface area contributed by atoms with Crippen molar-refractivity contribution in [1.82, 2.24) is 9.97 Å². The van der Waals surface area contributed by atoms with Gasteiger partial charge in [-0.05, 0) is 6.07 Å². The minimum absolute atomic E-state index is 0.0850. The molecule has 0 radical (unpaired) electrons. The van der Waals surface area contributed by atoms with E-state index in [1.165, 1.54) is 6.21 Å². The number of halogens is 4. The highest BCUT2D eigenvalue weighted by atomic mass is 35.5. The van der Waals surface area contributed by atoms with E-state index in [1.807, 2.05) is 0 Å². The van der Waals surface area contributed by atoms with Gasteiger partial charge in [0.1, 0.15) is 0 Å². The fourth-order valence-corrected chi connectivity index (χ4v) is 2.27. The summed E-state index contributed by atoms with van der Waals surface area (Å²) >= 11 is 6.88. The molecule has 0 aliphatic rings. The van der Waals surface area contributed by atoms with Gasteiger partial charge in [0.15, 0.2) is 16.7 Å². The van der Waals surface area contributed by atoms with Crippen molar-refractivity contribution in [2.45, 2.75) is 11.3 Å². The van der Waals surface area contributed by atoms with Crippen molar-refractivity contribution in [2.24, 2.45) is 5.10 Å². The Morgan fingerprint density at radius 3 is 2.75 bits per heavy atom. The van der Waals surface area contributed by atoms with Gasteiger partial charge in [-0.3, -0.25) is 5.43 Å². The molecule has 0 amide bonds. The van der Waals surface area contributed by atoms with Crippen LogP contribution in [0.25, 0.3) is 0 Å². The van der Waals surface area contributed by atoms with Crippen molar-refractivity contribution < 1.29 is 13.2 Å². The Labute approximate surface area is 145 Å². The maximum Gasteiger partial charge on any atom is 0.433 e. The molecule has 0 fully saturated rings. The Balaban J connectivity index is 2.22. The molecule has 9 heteroatoms. The molecule has 0 bridgehead atoms. The molecule has 24 heavy (non-hydrogen) atoms. The minimum atomic E-state index is -4.60. The summed E-state index contributed by atoms with van der Waals surface area (Å²) in [6, 6.07) is 7.66. The van der Waals surface area contributed by atoms with Gasteiger partial charge in [-0.1, -0.05) is 47.5 Å². The summed E-state index contributed by atoms with van der Waals surface area (Å²) in [5.41, 5.74) is 1.98. The summed E-state index contributed by atoms with van der Waals surface area (Å²) in [5, 5.41) is 4.23. The van der Waals surface area contributed by atoms with Crippen LogP contribution in [0.4, 0.5) is 19.0 Å². The number of aromatic nitrogens is 2. The van der Waals surface area contributed by atoms with Crippen LogP contribution >= 0.6 is 23.4 Å². The second kappa shape index (κ2) is 8.04. The van der Waals surface area contributed by atoms with Gasteiger partial charge >= 0.3 is 6.18 Å². The van der Waals surface area contributed by atoms with E-state index >= 15 is 0 Å². The van der Waals surface area contributed by atoms with Gasteiger partial charge < -0.3 is 0 Å². The number of nitrogens with one attached hydrogen (secondary N) is 1. The number of benzene rings is 1. The fourth-order valence-electron chi connectivity index (χ4n) is 1.55. The molecule has 0 spiro atoms. The van der Waals surface area contributed by atoms with Gasteiger partial charge in [-0.2, -0.15) is 18.3 Å². The summed E-state index contributed by atoms with van der Waals surface area (Å²) < 4.78 is 38.7. The SMILES string of the molecule is C#CCSc1nc(N/N=C/c2ccccc2Cl)cc(C(F)(F)F)n1. The third-order valence-corrected chi connectivity index (χ3v) is 3.66. The van der Waals surface area contributed by atoms with E-state index in [0.717, 1.165) is 17.8 Å². The van der Waals surface area contributed by atoms with Crippen LogP contribution in [0.1, 0.15) is 11.3 Å². The summed E-state index contributed by atoms with van der Waals surface area (Å²) in [4.78, 5) is 7.38. The molecular weight excluding hydrogens is 361 g/mol. The quantitative estimate of drug-likeness (QED) is 0.280. The number of alkyl halides is 3. The zero-order valence-corrected chi connectivity index (χ0v) is 13.6. The van der Waals surface area contributed by atoms with E-state index in [-0.39, 0.29) is 16.7 Å². The van der Waals surface area contributed by atoms with Crippen LogP contribution in [0.15, 0.2) is 40.6 Å². The lowest BCUT2D eigenvalue weighted by atomic mass is 10.2. The van der Waals surface area contributed by atoms with Gasteiger partial charge in [0.2, 0.25) is 0 Å². The number of nitrogens with zero attached hydrogens (tertiary/aromatic N) is 3. The molecule has 0 atom stereocenters. The van der Waals surface area contributed by atoms with Crippen LogP contribution < -0.4 is 5.43 Å². The number of rotatable bonds is 5. The maximum atomic E-state index is 12.9. The number of hydrazone groups is 1. The van der Waals surface area contributed by atoms with E-state index in [0.29, 0.717) is 10.6 Å². The average Bonchev–Trinajstić information content (AvgIpc) is 2.54. The first kappa shape index (κ1) is 18.1. The number of anilines is 1. The van der Waals surface area contributed by atoms with Gasteiger partial charge in [0.05, 0.1) is 12.0 Å². The molecule has 1 aromatic carbocycles. The van der Waals surface area contributed by atoms with Crippen molar-refractivity contribution in [1.29, 1.82) is 0 Å². The second-order valence-electron chi connectivity index (χ2n) is 4.30. The normalized spacial score (nSPS) is 11.5. The van der Waals surface area contributed by atoms with Crippen LogP contribution in [-0.4, -0.2) is 21.9 Å². The minimum Gasteiger partial charge on any atom is -0.261 e. The van der Waals surface area contributed by atoms with Crippen LogP contribution in [0, 0.1) is 12.3 Å². The molecule has 2 rings (SSSR count). The average molecular weight is 371 g/mol. The van der Waals surface area contributed by atoms with Crippen molar-refractivity contribution in [3.8, 4) is 12.3 Å². The number of hydrogen-bond donors (Lipinski definition) is 1. The van der Waals surface area contributed by atoms with Crippen molar-refractivity contribution in [2.75, 3.05) is 11.2 Å². The highest BCUT2D eigenvalue weighted by molar-refractivity contribution is 7.99. The zero-order chi connectivity index (χ0) is 17.6. The Bertz CT molecular complexity index is 787. The van der Waals surface area contributed by atoms with Crippen molar-refractivity contribution in [3.63, 3.8) is 0 Å². The summed E-state index contributed by atoms with van der Waals surface area (Å²) in [6.45, 7) is 0. The van der Waals surface area contributed by atoms with E-state index in [9.17, 15) is 13.2 Å². The molecule has 124 valence electrons. The molecule has 4 nitrogen and oxygen atoms in total. The maximum absolute atomic E-state index is 12.9. The van der Waals surface area contributed by atoms with E-state index < -0.39 is 11.9 Å². The first-order valence-corrected chi connectivity index (χ1v) is 7.82. The molecule has 1 aromatic heterocycles. The lowest BCUT2D eigenvalue weighted by Gasteiger charge is -2.09. The van der Waals surface area contributed by atoms with E-state index in [1.54, 1.807) is 24.3 Å². The lowest BCUT2D eigenvalue weighted by molar-refractivity contribution is -0.141. The Hall–Kier alpha value is -2.24.